The van der Waals surface area contributed by atoms with Crippen molar-refractivity contribution in [1.29, 1.82) is 0 Å². The van der Waals surface area contributed by atoms with Gasteiger partial charge in [0.1, 0.15) is 0 Å². The van der Waals surface area contributed by atoms with Gasteiger partial charge in [-0.3, -0.25) is 14.9 Å². The van der Waals surface area contributed by atoms with E-state index in [-0.39, 0.29) is 24.7 Å². The second kappa shape index (κ2) is 8.23. The first kappa shape index (κ1) is 16.1. The van der Waals surface area contributed by atoms with E-state index in [4.69, 9.17) is 0 Å². The predicted molar refractivity (Wildman–Crippen MR) is 74.2 cm³/mol. The van der Waals surface area contributed by atoms with Crippen molar-refractivity contribution in [2.24, 2.45) is 0 Å². The van der Waals surface area contributed by atoms with E-state index in [1.165, 1.54) is 24.3 Å². The van der Waals surface area contributed by atoms with Gasteiger partial charge in [0.15, 0.2) is 0 Å². The van der Waals surface area contributed by atoms with Crippen molar-refractivity contribution in [1.82, 2.24) is 10.6 Å². The molecule has 7 heteroatoms. The second-order valence-corrected chi connectivity index (χ2v) is 4.35. The molecule has 0 bridgehead atoms. The number of carbonyl (C=O) groups excluding carboxylic acids is 1. The molecule has 3 N–H and O–H groups in total. The third-order valence-electron chi connectivity index (χ3n) is 2.68. The average Bonchev–Trinajstić information content (AvgIpc) is 2.45. The molecule has 1 aromatic carbocycles. The normalized spacial score (nSPS) is 11.9. The number of nitrogens with one attached hydrogen (secondary N) is 2. The lowest BCUT2D eigenvalue weighted by atomic mass is 10.1. The number of hydrogen-bond acceptors (Lipinski definition) is 5. The zero-order valence-electron chi connectivity index (χ0n) is 11.3. The van der Waals surface area contributed by atoms with Gasteiger partial charge in [-0.2, -0.15) is 0 Å². The van der Waals surface area contributed by atoms with Crippen LogP contribution in [0.3, 0.4) is 0 Å². The van der Waals surface area contributed by atoms with Gasteiger partial charge in [-0.1, -0.05) is 6.92 Å². The first-order valence-electron chi connectivity index (χ1n) is 6.44. The highest BCUT2D eigenvalue weighted by Crippen LogP contribution is 2.17. The van der Waals surface area contributed by atoms with E-state index in [0.717, 1.165) is 6.42 Å². The Kier molecular flexibility index (Phi) is 6.61. The van der Waals surface area contributed by atoms with Crippen molar-refractivity contribution < 1.29 is 14.8 Å². The minimum atomic E-state index is -0.810. The van der Waals surface area contributed by atoms with Crippen LogP contribution in [0.2, 0.25) is 0 Å². The van der Waals surface area contributed by atoms with Crippen LogP contribution in [0, 0.1) is 10.1 Å². The highest BCUT2D eigenvalue weighted by molar-refractivity contribution is 5.77. The van der Waals surface area contributed by atoms with E-state index < -0.39 is 11.0 Å². The molecule has 0 aromatic heterocycles. The molecule has 0 radical (unpaired) electrons. The van der Waals surface area contributed by atoms with E-state index >= 15 is 0 Å². The molecule has 0 heterocycles. The summed E-state index contributed by atoms with van der Waals surface area (Å²) in [5.41, 5.74) is 0.546. The van der Waals surface area contributed by atoms with Crippen molar-refractivity contribution >= 4 is 11.6 Å². The van der Waals surface area contributed by atoms with E-state index in [0.29, 0.717) is 12.1 Å². The Morgan fingerprint density at radius 1 is 1.40 bits per heavy atom. The van der Waals surface area contributed by atoms with Crippen LogP contribution in [0.5, 0.6) is 0 Å². The summed E-state index contributed by atoms with van der Waals surface area (Å²) in [4.78, 5) is 21.3. The summed E-state index contributed by atoms with van der Waals surface area (Å²) in [5, 5.41) is 25.9. The van der Waals surface area contributed by atoms with Crippen molar-refractivity contribution in [2.75, 3.05) is 19.6 Å². The van der Waals surface area contributed by atoms with E-state index in [9.17, 15) is 20.0 Å². The molecule has 1 aromatic rings. The molecule has 0 saturated heterocycles. The van der Waals surface area contributed by atoms with E-state index in [1.807, 2.05) is 6.92 Å². The van der Waals surface area contributed by atoms with Gasteiger partial charge in [-0.05, 0) is 24.1 Å². The summed E-state index contributed by atoms with van der Waals surface area (Å²) in [6, 6.07) is 5.68. The van der Waals surface area contributed by atoms with Gasteiger partial charge in [0, 0.05) is 25.2 Å². The molecular formula is C13H19N3O4. The van der Waals surface area contributed by atoms with Crippen LogP contribution in [0.15, 0.2) is 24.3 Å². The standard InChI is InChI=1S/C13H19N3O4/c1-2-7-15-13(18)9-14-8-12(17)10-3-5-11(6-4-10)16(19)20/h3-6,12,14,17H,2,7-9H2,1H3,(H,15,18). The minimum absolute atomic E-state index is 0.0205. The number of nitrogens with zero attached hydrogens (tertiary/aromatic N) is 1. The molecule has 0 fully saturated rings. The predicted octanol–water partition coefficient (Wildman–Crippen LogP) is 0.744. The molecule has 0 spiro atoms. The summed E-state index contributed by atoms with van der Waals surface area (Å²) in [7, 11) is 0. The number of rotatable bonds is 8. The largest absolute Gasteiger partial charge is 0.387 e. The lowest BCUT2D eigenvalue weighted by Gasteiger charge is -2.12. The van der Waals surface area contributed by atoms with E-state index in [2.05, 4.69) is 10.6 Å². The Balaban J connectivity index is 2.37. The van der Waals surface area contributed by atoms with Gasteiger partial charge in [0.2, 0.25) is 5.91 Å². The molecule has 1 unspecified atom stereocenters. The first-order valence-corrected chi connectivity index (χ1v) is 6.44. The summed E-state index contributed by atoms with van der Waals surface area (Å²) in [5.74, 6) is -0.122. The maximum absolute atomic E-state index is 11.3. The number of aliphatic hydroxyl groups excluding tert-OH is 1. The van der Waals surface area contributed by atoms with Crippen molar-refractivity contribution in [3.8, 4) is 0 Å². The van der Waals surface area contributed by atoms with Crippen LogP contribution in [-0.4, -0.2) is 35.6 Å². The summed E-state index contributed by atoms with van der Waals surface area (Å²) < 4.78 is 0. The van der Waals surface area contributed by atoms with Gasteiger partial charge in [-0.15, -0.1) is 0 Å². The minimum Gasteiger partial charge on any atom is -0.387 e. The number of nitro benzene ring substituents is 1. The summed E-state index contributed by atoms with van der Waals surface area (Å²) in [6.45, 7) is 2.93. The van der Waals surface area contributed by atoms with Gasteiger partial charge in [0.25, 0.3) is 5.69 Å². The fraction of sp³-hybridized carbons (Fsp3) is 0.462. The zero-order chi connectivity index (χ0) is 15.0. The highest BCUT2D eigenvalue weighted by Gasteiger charge is 2.10. The van der Waals surface area contributed by atoms with Gasteiger partial charge < -0.3 is 15.7 Å². The van der Waals surface area contributed by atoms with Crippen molar-refractivity contribution in [3.63, 3.8) is 0 Å². The van der Waals surface area contributed by atoms with Gasteiger partial charge in [0.05, 0.1) is 17.6 Å². The molecule has 1 atom stereocenters. The molecule has 0 aliphatic carbocycles. The summed E-state index contributed by atoms with van der Waals surface area (Å²) in [6.07, 6.45) is 0.0618. The Hall–Kier alpha value is -1.99. The molecule has 0 aliphatic heterocycles. The summed E-state index contributed by atoms with van der Waals surface area (Å²) >= 11 is 0. The molecule has 0 saturated carbocycles. The van der Waals surface area contributed by atoms with Crippen LogP contribution in [0.25, 0.3) is 0 Å². The van der Waals surface area contributed by atoms with Gasteiger partial charge >= 0.3 is 0 Å². The Morgan fingerprint density at radius 3 is 2.60 bits per heavy atom. The topological polar surface area (TPSA) is 104 Å². The Morgan fingerprint density at radius 2 is 2.05 bits per heavy atom. The number of benzene rings is 1. The molecule has 1 amide bonds. The monoisotopic (exact) mass is 281 g/mol. The molecule has 110 valence electrons. The van der Waals surface area contributed by atoms with Crippen LogP contribution in [0.1, 0.15) is 25.0 Å². The maximum Gasteiger partial charge on any atom is 0.269 e. The number of amides is 1. The molecule has 7 nitrogen and oxygen atoms in total. The third kappa shape index (κ3) is 5.33. The molecular weight excluding hydrogens is 262 g/mol. The second-order valence-electron chi connectivity index (χ2n) is 4.35. The highest BCUT2D eigenvalue weighted by atomic mass is 16.6. The molecule has 0 aliphatic rings. The van der Waals surface area contributed by atoms with Crippen LogP contribution >= 0.6 is 0 Å². The van der Waals surface area contributed by atoms with Crippen LogP contribution in [0.4, 0.5) is 5.69 Å². The SMILES string of the molecule is CCCNC(=O)CNCC(O)c1ccc([N+](=O)[O-])cc1. The number of carbonyl (C=O) groups is 1. The van der Waals surface area contributed by atoms with E-state index in [1.54, 1.807) is 0 Å². The number of non-ortho nitro benzene ring substituents is 1. The van der Waals surface area contributed by atoms with Crippen molar-refractivity contribution in [2.45, 2.75) is 19.4 Å². The number of nitro groups is 1. The molecule has 20 heavy (non-hydrogen) atoms. The van der Waals surface area contributed by atoms with Crippen molar-refractivity contribution in [3.05, 3.63) is 39.9 Å². The Bertz CT molecular complexity index is 447. The van der Waals surface area contributed by atoms with Crippen LogP contribution in [-0.2, 0) is 4.79 Å². The first-order chi connectivity index (χ1) is 9.54. The van der Waals surface area contributed by atoms with Gasteiger partial charge in [-0.25, -0.2) is 0 Å². The number of aliphatic hydroxyl groups is 1. The quantitative estimate of drug-likeness (QED) is 0.481. The molecule has 1 rings (SSSR count). The maximum atomic E-state index is 11.3. The fourth-order valence-corrected chi connectivity index (χ4v) is 1.59. The fourth-order valence-electron chi connectivity index (χ4n) is 1.59. The third-order valence-corrected chi connectivity index (χ3v) is 2.68. The average molecular weight is 281 g/mol. The number of hydrogen-bond donors (Lipinski definition) is 3. The van der Waals surface area contributed by atoms with Crippen LogP contribution < -0.4 is 10.6 Å². The Labute approximate surface area is 117 Å². The lowest BCUT2D eigenvalue weighted by Crippen LogP contribution is -2.35. The lowest BCUT2D eigenvalue weighted by molar-refractivity contribution is -0.384. The zero-order valence-corrected chi connectivity index (χ0v) is 11.3. The smallest absolute Gasteiger partial charge is 0.269 e.